The Labute approximate surface area is 122 Å². The smallest absolute Gasteiger partial charge is 0.350 e. The Kier molecular flexibility index (Phi) is 4.18. The molecule has 0 spiro atoms. The molecule has 2 rings (SSSR count). The summed E-state index contributed by atoms with van der Waals surface area (Å²) in [7, 11) is 2.78. The Hall–Kier alpha value is -1.69. The van der Waals surface area contributed by atoms with E-state index in [1.54, 1.807) is 6.07 Å². The fourth-order valence-corrected chi connectivity index (χ4v) is 2.37. The molecule has 0 aliphatic carbocycles. The Bertz CT molecular complexity index is 529. The molecular formula is C15H19F2NO3. The minimum Gasteiger partial charge on any atom is -0.497 e. The second-order valence-corrected chi connectivity index (χ2v) is 5.77. The summed E-state index contributed by atoms with van der Waals surface area (Å²) in [5.41, 5.74) is -0.608. The van der Waals surface area contributed by atoms with E-state index < -0.39 is 11.8 Å². The number of halogens is 2. The summed E-state index contributed by atoms with van der Waals surface area (Å²) < 4.78 is 38.7. The molecule has 1 aliphatic heterocycles. The number of carbonyl (C=O) groups excluding carboxylic acids is 1. The second kappa shape index (κ2) is 5.60. The third-order valence-corrected chi connectivity index (χ3v) is 3.57. The van der Waals surface area contributed by atoms with Gasteiger partial charge in [-0.2, -0.15) is 8.78 Å². The van der Waals surface area contributed by atoms with Gasteiger partial charge in [-0.15, -0.1) is 0 Å². The Morgan fingerprint density at radius 3 is 2.67 bits per heavy atom. The van der Waals surface area contributed by atoms with Gasteiger partial charge >= 0.3 is 5.92 Å². The Balaban J connectivity index is 2.14. The van der Waals surface area contributed by atoms with Gasteiger partial charge in [-0.3, -0.25) is 4.79 Å². The van der Waals surface area contributed by atoms with E-state index in [0.29, 0.717) is 19.0 Å². The molecule has 0 N–H and O–H groups in total. The quantitative estimate of drug-likeness (QED) is 0.837. The zero-order valence-electron chi connectivity index (χ0n) is 12.4. The Morgan fingerprint density at radius 1 is 1.48 bits per heavy atom. The first-order valence-corrected chi connectivity index (χ1v) is 6.64. The topological polar surface area (TPSA) is 38.8 Å². The average molecular weight is 299 g/mol. The molecule has 1 heterocycles. The van der Waals surface area contributed by atoms with Gasteiger partial charge in [0.05, 0.1) is 20.3 Å². The summed E-state index contributed by atoms with van der Waals surface area (Å²) in [6, 6.07) is 5.40. The van der Waals surface area contributed by atoms with Gasteiger partial charge in [-0.25, -0.2) is 0 Å². The molecule has 1 saturated heterocycles. The molecule has 0 bridgehead atoms. The number of alkyl halides is 2. The van der Waals surface area contributed by atoms with Crippen molar-refractivity contribution in [1.29, 1.82) is 0 Å². The highest BCUT2D eigenvalue weighted by molar-refractivity contribution is 5.84. The van der Waals surface area contributed by atoms with Crippen molar-refractivity contribution in [3.05, 3.63) is 29.8 Å². The van der Waals surface area contributed by atoms with E-state index in [4.69, 9.17) is 9.47 Å². The molecule has 0 atom stereocenters. The molecule has 116 valence electrons. The van der Waals surface area contributed by atoms with Gasteiger partial charge in [0.2, 0.25) is 0 Å². The number of amides is 1. The van der Waals surface area contributed by atoms with Crippen LogP contribution in [0, 0.1) is 5.41 Å². The normalized spacial score (nSPS) is 17.0. The minimum absolute atomic E-state index is 0.241. The summed E-state index contributed by atoms with van der Waals surface area (Å²) in [6.07, 6.45) is 0. The highest BCUT2D eigenvalue weighted by Gasteiger charge is 2.45. The summed E-state index contributed by atoms with van der Waals surface area (Å²) in [5, 5.41) is 0. The molecule has 0 aromatic heterocycles. The molecular weight excluding hydrogens is 280 g/mol. The first-order chi connectivity index (χ1) is 9.78. The summed E-state index contributed by atoms with van der Waals surface area (Å²) >= 11 is 0. The van der Waals surface area contributed by atoms with Gasteiger partial charge in [0.25, 0.3) is 5.91 Å². The maximum atomic E-state index is 14.3. The number of ether oxygens (including phenoxy) is 2. The molecule has 0 radical (unpaired) electrons. The van der Waals surface area contributed by atoms with Crippen molar-refractivity contribution >= 4 is 5.91 Å². The molecule has 21 heavy (non-hydrogen) atoms. The van der Waals surface area contributed by atoms with Crippen LogP contribution < -0.4 is 4.74 Å². The van der Waals surface area contributed by atoms with E-state index in [2.05, 4.69) is 0 Å². The third kappa shape index (κ3) is 3.15. The van der Waals surface area contributed by atoms with Crippen LogP contribution in [0.25, 0.3) is 0 Å². The zero-order valence-corrected chi connectivity index (χ0v) is 12.4. The monoisotopic (exact) mass is 299 g/mol. The van der Waals surface area contributed by atoms with Crippen LogP contribution in [0.15, 0.2) is 24.3 Å². The Morgan fingerprint density at radius 2 is 2.14 bits per heavy atom. The molecule has 1 amide bonds. The molecule has 1 aliphatic rings. The fraction of sp³-hybridized carbons (Fsp3) is 0.533. The summed E-state index contributed by atoms with van der Waals surface area (Å²) in [4.78, 5) is 13.1. The predicted molar refractivity (Wildman–Crippen MR) is 73.5 cm³/mol. The lowest BCUT2D eigenvalue weighted by atomic mass is 9.88. The van der Waals surface area contributed by atoms with E-state index in [-0.39, 0.29) is 17.5 Å². The maximum Gasteiger partial charge on any atom is 0.350 e. The molecule has 1 fully saturated rings. The number of methoxy groups -OCH3 is 1. The van der Waals surface area contributed by atoms with Gasteiger partial charge in [-0.05, 0) is 12.1 Å². The maximum absolute atomic E-state index is 14.3. The van der Waals surface area contributed by atoms with Crippen molar-refractivity contribution in [3.8, 4) is 5.75 Å². The van der Waals surface area contributed by atoms with Crippen LogP contribution in [-0.4, -0.2) is 44.7 Å². The van der Waals surface area contributed by atoms with Gasteiger partial charge < -0.3 is 14.4 Å². The highest BCUT2D eigenvalue weighted by atomic mass is 19.3. The fourth-order valence-electron chi connectivity index (χ4n) is 2.37. The first kappa shape index (κ1) is 15.7. The van der Waals surface area contributed by atoms with Gasteiger partial charge in [0.15, 0.2) is 0 Å². The van der Waals surface area contributed by atoms with Crippen LogP contribution in [0.4, 0.5) is 8.78 Å². The van der Waals surface area contributed by atoms with Crippen LogP contribution in [0.5, 0.6) is 5.75 Å². The van der Waals surface area contributed by atoms with Crippen molar-refractivity contribution < 1.29 is 23.0 Å². The van der Waals surface area contributed by atoms with E-state index in [9.17, 15) is 13.6 Å². The van der Waals surface area contributed by atoms with Gasteiger partial charge in [-0.1, -0.05) is 19.1 Å². The second-order valence-electron chi connectivity index (χ2n) is 5.77. The van der Waals surface area contributed by atoms with Gasteiger partial charge in [0, 0.05) is 24.6 Å². The molecule has 0 saturated carbocycles. The SMILES string of the molecule is COc1cccc(C(F)(F)C(=O)N(C)CC2(C)COC2)c1. The minimum atomic E-state index is -3.58. The number of nitrogens with zero attached hydrogens (tertiary/aromatic N) is 1. The lowest BCUT2D eigenvalue weighted by Gasteiger charge is -2.41. The molecule has 6 heteroatoms. The number of benzene rings is 1. The molecule has 4 nitrogen and oxygen atoms in total. The van der Waals surface area contributed by atoms with Crippen LogP contribution in [0.2, 0.25) is 0 Å². The standard InChI is InChI=1S/C15H19F2NO3/c1-14(9-21-10-14)8-18(2)13(19)15(16,17)11-5-4-6-12(7-11)20-3/h4-7H,8-10H2,1-3H3. The predicted octanol–water partition coefficient (Wildman–Crippen LogP) is 2.28. The molecule has 0 unspecified atom stereocenters. The summed E-state index contributed by atoms with van der Waals surface area (Å²) in [5.74, 6) is -4.50. The number of hydrogen-bond acceptors (Lipinski definition) is 3. The molecule has 1 aromatic rings. The van der Waals surface area contributed by atoms with Crippen LogP contribution in [-0.2, 0) is 15.5 Å². The van der Waals surface area contributed by atoms with E-state index in [1.807, 2.05) is 6.92 Å². The average Bonchev–Trinajstić information content (AvgIpc) is 2.44. The first-order valence-electron chi connectivity index (χ1n) is 6.64. The van der Waals surface area contributed by atoms with Gasteiger partial charge in [0.1, 0.15) is 5.75 Å². The number of rotatable bonds is 5. The number of hydrogen-bond donors (Lipinski definition) is 0. The van der Waals surface area contributed by atoms with Crippen LogP contribution in [0.3, 0.4) is 0 Å². The lowest BCUT2D eigenvalue weighted by molar-refractivity contribution is -0.165. The van der Waals surface area contributed by atoms with Crippen molar-refractivity contribution in [1.82, 2.24) is 4.90 Å². The third-order valence-electron chi connectivity index (χ3n) is 3.57. The van der Waals surface area contributed by atoms with E-state index in [1.165, 1.54) is 32.4 Å². The largest absolute Gasteiger partial charge is 0.497 e. The van der Waals surface area contributed by atoms with Crippen molar-refractivity contribution in [3.63, 3.8) is 0 Å². The van der Waals surface area contributed by atoms with Crippen LogP contribution >= 0.6 is 0 Å². The van der Waals surface area contributed by atoms with Crippen LogP contribution in [0.1, 0.15) is 12.5 Å². The molecule has 1 aromatic carbocycles. The van der Waals surface area contributed by atoms with Crippen molar-refractivity contribution in [2.45, 2.75) is 12.8 Å². The van der Waals surface area contributed by atoms with Crippen molar-refractivity contribution in [2.24, 2.45) is 5.41 Å². The van der Waals surface area contributed by atoms with E-state index >= 15 is 0 Å². The zero-order chi connectivity index (χ0) is 15.7. The summed E-state index contributed by atoms with van der Waals surface area (Å²) in [6.45, 7) is 3.11. The highest BCUT2D eigenvalue weighted by Crippen LogP contribution is 2.34. The lowest BCUT2D eigenvalue weighted by Crippen LogP contribution is -2.51. The number of likely N-dealkylation sites (N-methyl/N-ethyl adjacent to an activating group) is 1. The van der Waals surface area contributed by atoms with E-state index in [0.717, 1.165) is 4.90 Å². The number of carbonyl (C=O) groups is 1. The van der Waals surface area contributed by atoms with Crippen molar-refractivity contribution in [2.75, 3.05) is 33.9 Å².